The molecule has 1 fully saturated rings. The Balaban J connectivity index is 1.34. The molecule has 1 aliphatic rings. The Morgan fingerprint density at radius 3 is 2.93 bits per heavy atom. The highest BCUT2D eigenvalue weighted by Gasteiger charge is 2.21. The fourth-order valence-electron chi connectivity index (χ4n) is 2.54. The number of nitrogens with zero attached hydrogens (tertiary/aromatic N) is 2. The molecular weight excluding hydrogens is 356 g/mol. The van der Waals surface area contributed by atoms with Crippen LogP contribution in [0.15, 0.2) is 46.1 Å². The highest BCUT2D eigenvalue weighted by Crippen LogP contribution is 2.29. The van der Waals surface area contributed by atoms with Gasteiger partial charge in [0.2, 0.25) is 5.88 Å². The van der Waals surface area contributed by atoms with E-state index in [0.29, 0.717) is 25.6 Å². The highest BCUT2D eigenvalue weighted by molar-refractivity contribution is 5.79. The lowest BCUT2D eigenvalue weighted by Crippen LogP contribution is -2.38. The van der Waals surface area contributed by atoms with Crippen LogP contribution < -0.4 is 15.4 Å². The summed E-state index contributed by atoms with van der Waals surface area (Å²) in [6.07, 6.45) is 6.94. The van der Waals surface area contributed by atoms with Crippen molar-refractivity contribution in [1.29, 1.82) is 0 Å². The van der Waals surface area contributed by atoms with Crippen molar-refractivity contribution >= 4 is 5.96 Å². The summed E-state index contributed by atoms with van der Waals surface area (Å²) < 4.78 is 16.5. The van der Waals surface area contributed by atoms with Gasteiger partial charge in [-0.1, -0.05) is 6.07 Å². The Labute approximate surface area is 166 Å². The fraction of sp³-hybridized carbons (Fsp3) is 0.524. The van der Waals surface area contributed by atoms with Gasteiger partial charge in [-0.15, -0.1) is 0 Å². The summed E-state index contributed by atoms with van der Waals surface area (Å²) in [6.45, 7) is 6.18. The zero-order chi connectivity index (χ0) is 19.4. The van der Waals surface area contributed by atoms with Crippen LogP contribution in [0, 0.1) is 5.92 Å². The molecule has 0 amide bonds. The first kappa shape index (κ1) is 20.2. The van der Waals surface area contributed by atoms with Crippen LogP contribution in [0.1, 0.15) is 37.5 Å². The molecular formula is C21H30N4O3. The third-order valence-corrected chi connectivity index (χ3v) is 4.31. The number of furan rings is 1. The van der Waals surface area contributed by atoms with Gasteiger partial charge in [0.05, 0.1) is 19.4 Å². The van der Waals surface area contributed by atoms with Gasteiger partial charge in [0.1, 0.15) is 12.4 Å². The van der Waals surface area contributed by atoms with Crippen LogP contribution in [-0.2, 0) is 17.9 Å². The van der Waals surface area contributed by atoms with E-state index in [0.717, 1.165) is 49.3 Å². The van der Waals surface area contributed by atoms with Crippen molar-refractivity contribution in [2.24, 2.45) is 10.9 Å². The number of hydrogen-bond donors (Lipinski definition) is 2. The average Bonchev–Trinajstić information content (AvgIpc) is 3.41. The van der Waals surface area contributed by atoms with E-state index in [9.17, 15) is 0 Å². The van der Waals surface area contributed by atoms with Gasteiger partial charge in [-0.25, -0.2) is 9.98 Å². The number of nitrogens with one attached hydrogen (secondary N) is 2. The van der Waals surface area contributed by atoms with Gasteiger partial charge < -0.3 is 24.5 Å². The van der Waals surface area contributed by atoms with E-state index in [4.69, 9.17) is 13.9 Å². The number of aliphatic imine (C=N–C) groups is 1. The minimum absolute atomic E-state index is 0.508. The summed E-state index contributed by atoms with van der Waals surface area (Å²) in [5, 5.41) is 6.58. The van der Waals surface area contributed by atoms with Crippen LogP contribution in [0.5, 0.6) is 5.88 Å². The molecule has 7 heteroatoms. The number of hydrogen-bond acceptors (Lipinski definition) is 5. The first-order valence-corrected chi connectivity index (χ1v) is 10.0. The van der Waals surface area contributed by atoms with Gasteiger partial charge in [0.25, 0.3) is 0 Å². The van der Waals surface area contributed by atoms with Gasteiger partial charge >= 0.3 is 0 Å². The van der Waals surface area contributed by atoms with E-state index in [1.54, 1.807) is 6.26 Å². The number of pyridine rings is 1. The molecule has 3 rings (SSSR count). The standard InChI is InChI=1S/C21H30N4O3/c1-2-22-21(23-10-4-11-26-16-19-5-3-12-27-19)25-14-18-8-9-20(24-13-18)28-15-17-6-7-17/h3,5,8-9,12-13,17H,2,4,6-7,10-11,14-16H2,1H3,(H2,22,23,25). The van der Waals surface area contributed by atoms with Crippen LogP contribution in [0.25, 0.3) is 0 Å². The SMILES string of the molecule is CCNC(=NCc1ccc(OCC2CC2)nc1)NCCCOCc1ccco1. The predicted octanol–water partition coefficient (Wildman–Crippen LogP) is 3.13. The topological polar surface area (TPSA) is 80.9 Å². The Hall–Kier alpha value is -2.54. The molecule has 0 radical (unpaired) electrons. The van der Waals surface area contributed by atoms with E-state index in [1.165, 1.54) is 12.8 Å². The van der Waals surface area contributed by atoms with Crippen molar-refractivity contribution in [2.75, 3.05) is 26.3 Å². The summed E-state index contributed by atoms with van der Waals surface area (Å²) in [4.78, 5) is 8.98. The largest absolute Gasteiger partial charge is 0.477 e. The molecule has 0 aliphatic heterocycles. The minimum Gasteiger partial charge on any atom is -0.477 e. The first-order valence-electron chi connectivity index (χ1n) is 10.0. The zero-order valence-electron chi connectivity index (χ0n) is 16.5. The summed E-state index contributed by atoms with van der Waals surface area (Å²) >= 11 is 0. The van der Waals surface area contributed by atoms with E-state index in [-0.39, 0.29) is 0 Å². The van der Waals surface area contributed by atoms with Crippen molar-refractivity contribution < 1.29 is 13.9 Å². The molecule has 2 aromatic heterocycles. The number of rotatable bonds is 12. The second-order valence-electron chi connectivity index (χ2n) is 6.87. The molecule has 2 heterocycles. The van der Waals surface area contributed by atoms with Crippen LogP contribution >= 0.6 is 0 Å². The second-order valence-corrected chi connectivity index (χ2v) is 6.87. The van der Waals surface area contributed by atoms with Gasteiger partial charge in [0, 0.05) is 32.0 Å². The van der Waals surface area contributed by atoms with Crippen LogP contribution in [-0.4, -0.2) is 37.2 Å². The van der Waals surface area contributed by atoms with Crippen molar-refractivity contribution in [3.8, 4) is 5.88 Å². The quantitative estimate of drug-likeness (QED) is 0.331. The predicted molar refractivity (Wildman–Crippen MR) is 108 cm³/mol. The summed E-state index contributed by atoms with van der Waals surface area (Å²) in [7, 11) is 0. The molecule has 1 saturated carbocycles. The highest BCUT2D eigenvalue weighted by atomic mass is 16.5. The molecule has 0 bridgehead atoms. The maximum atomic E-state index is 5.67. The number of guanidine groups is 1. The van der Waals surface area contributed by atoms with E-state index in [1.807, 2.05) is 30.5 Å². The summed E-state index contributed by atoms with van der Waals surface area (Å²) in [5.41, 5.74) is 1.05. The minimum atomic E-state index is 0.508. The first-order chi connectivity index (χ1) is 13.8. The third-order valence-electron chi connectivity index (χ3n) is 4.31. The third kappa shape index (κ3) is 7.60. The summed E-state index contributed by atoms with van der Waals surface area (Å²) in [6, 6.07) is 7.72. The maximum Gasteiger partial charge on any atom is 0.213 e. The van der Waals surface area contributed by atoms with Crippen molar-refractivity contribution in [3.63, 3.8) is 0 Å². The van der Waals surface area contributed by atoms with Crippen LogP contribution in [0.3, 0.4) is 0 Å². The Morgan fingerprint density at radius 1 is 1.29 bits per heavy atom. The van der Waals surface area contributed by atoms with Crippen molar-refractivity contribution in [3.05, 3.63) is 48.0 Å². The normalized spacial score (nSPS) is 14.1. The van der Waals surface area contributed by atoms with E-state index in [2.05, 4.69) is 27.5 Å². The molecule has 0 atom stereocenters. The number of ether oxygens (including phenoxy) is 2. The van der Waals surface area contributed by atoms with Gasteiger partial charge in [-0.2, -0.15) is 0 Å². The average molecular weight is 386 g/mol. The molecule has 2 aromatic rings. The lowest BCUT2D eigenvalue weighted by molar-refractivity contribution is 0.105. The van der Waals surface area contributed by atoms with E-state index < -0.39 is 0 Å². The zero-order valence-corrected chi connectivity index (χ0v) is 16.5. The lowest BCUT2D eigenvalue weighted by atomic mass is 10.3. The number of aromatic nitrogens is 1. The molecule has 0 spiro atoms. The summed E-state index contributed by atoms with van der Waals surface area (Å²) in [5.74, 6) is 3.07. The van der Waals surface area contributed by atoms with E-state index >= 15 is 0 Å². The van der Waals surface area contributed by atoms with Gasteiger partial charge in [-0.05, 0) is 49.8 Å². The maximum absolute atomic E-state index is 5.67. The van der Waals surface area contributed by atoms with Crippen molar-refractivity contribution in [2.45, 2.75) is 39.3 Å². The molecule has 0 unspecified atom stereocenters. The molecule has 1 aliphatic carbocycles. The fourth-order valence-corrected chi connectivity index (χ4v) is 2.54. The smallest absolute Gasteiger partial charge is 0.213 e. The molecule has 7 nitrogen and oxygen atoms in total. The molecule has 2 N–H and O–H groups in total. The van der Waals surface area contributed by atoms with Crippen LogP contribution in [0.2, 0.25) is 0 Å². The lowest BCUT2D eigenvalue weighted by Gasteiger charge is -2.11. The Morgan fingerprint density at radius 2 is 2.21 bits per heavy atom. The molecule has 0 saturated heterocycles. The second kappa shape index (κ2) is 11.3. The van der Waals surface area contributed by atoms with Crippen LogP contribution in [0.4, 0.5) is 0 Å². The monoisotopic (exact) mass is 386 g/mol. The Kier molecular flexibility index (Phi) is 8.18. The molecule has 28 heavy (non-hydrogen) atoms. The molecule has 152 valence electrons. The van der Waals surface area contributed by atoms with Gasteiger partial charge in [-0.3, -0.25) is 0 Å². The van der Waals surface area contributed by atoms with Gasteiger partial charge in [0.15, 0.2) is 5.96 Å². The van der Waals surface area contributed by atoms with Crippen molar-refractivity contribution in [1.82, 2.24) is 15.6 Å². The molecule has 0 aromatic carbocycles. The Bertz CT molecular complexity index is 697.